The number of hydrogen-bond acceptors (Lipinski definition) is 3. The molecule has 0 saturated heterocycles. The van der Waals surface area contributed by atoms with Crippen LogP contribution in [-0.4, -0.2) is 20.6 Å². The second-order valence-electron chi connectivity index (χ2n) is 3.68. The van der Waals surface area contributed by atoms with Gasteiger partial charge in [-0.3, -0.25) is 0 Å². The van der Waals surface area contributed by atoms with Gasteiger partial charge in [-0.15, -0.1) is 0 Å². The Balaban J connectivity index is 2.88. The van der Waals surface area contributed by atoms with Crippen molar-refractivity contribution in [2.24, 2.45) is 10.9 Å². The molecule has 1 atom stereocenters. The van der Waals surface area contributed by atoms with Crippen LogP contribution in [0, 0.1) is 13.8 Å². The summed E-state index contributed by atoms with van der Waals surface area (Å²) in [6, 6.07) is 0.210. The van der Waals surface area contributed by atoms with Crippen LogP contribution >= 0.6 is 0 Å². The third-order valence-electron chi connectivity index (χ3n) is 2.72. The fraction of sp³-hybridized carbons (Fsp3) is 0.600. The van der Waals surface area contributed by atoms with E-state index in [1.54, 1.807) is 0 Å². The summed E-state index contributed by atoms with van der Waals surface area (Å²) >= 11 is 0. The lowest BCUT2D eigenvalue weighted by Crippen LogP contribution is -2.19. The number of imidazole rings is 1. The van der Waals surface area contributed by atoms with E-state index < -0.39 is 0 Å². The summed E-state index contributed by atoms with van der Waals surface area (Å²) in [7, 11) is 0. The molecule has 0 spiro atoms. The third kappa shape index (κ3) is 2.49. The van der Waals surface area contributed by atoms with E-state index >= 15 is 0 Å². The van der Waals surface area contributed by atoms with Crippen LogP contribution in [0.3, 0.4) is 0 Å². The topological polar surface area (TPSA) is 76.4 Å². The van der Waals surface area contributed by atoms with E-state index in [9.17, 15) is 0 Å². The molecule has 0 amide bonds. The number of rotatable bonds is 4. The summed E-state index contributed by atoms with van der Waals surface area (Å²) in [6.45, 7) is 6.07. The first-order chi connectivity index (χ1) is 7.10. The number of aromatic nitrogens is 2. The molecule has 1 rings (SSSR count). The lowest BCUT2D eigenvalue weighted by Gasteiger charge is -2.17. The highest BCUT2D eigenvalue weighted by molar-refractivity contribution is 5.80. The molecule has 0 saturated carbocycles. The van der Waals surface area contributed by atoms with Gasteiger partial charge in [0.05, 0.1) is 12.0 Å². The van der Waals surface area contributed by atoms with E-state index in [2.05, 4.69) is 21.6 Å². The van der Waals surface area contributed by atoms with Gasteiger partial charge in [-0.1, -0.05) is 12.1 Å². The molecule has 0 fully saturated rings. The van der Waals surface area contributed by atoms with Crippen molar-refractivity contribution in [1.29, 1.82) is 0 Å². The predicted molar refractivity (Wildman–Crippen MR) is 59.1 cm³/mol. The van der Waals surface area contributed by atoms with Crippen molar-refractivity contribution in [2.75, 3.05) is 0 Å². The molecule has 0 aliphatic carbocycles. The van der Waals surface area contributed by atoms with Crippen LogP contribution in [0.15, 0.2) is 11.5 Å². The third-order valence-corrected chi connectivity index (χ3v) is 2.72. The van der Waals surface area contributed by atoms with Gasteiger partial charge in [-0.05, 0) is 20.3 Å². The normalized spacial score (nSPS) is 14.2. The Morgan fingerprint density at radius 1 is 1.67 bits per heavy atom. The summed E-state index contributed by atoms with van der Waals surface area (Å²) in [6.07, 6.45) is 3.28. The quantitative estimate of drug-likeness (QED) is 0.343. The number of aryl methyl sites for hydroxylation is 1. The van der Waals surface area contributed by atoms with Gasteiger partial charge in [0.15, 0.2) is 0 Å². The predicted octanol–water partition coefficient (Wildman–Crippen LogP) is 1.59. The van der Waals surface area contributed by atoms with Gasteiger partial charge >= 0.3 is 0 Å². The number of hydrogen-bond donors (Lipinski definition) is 2. The van der Waals surface area contributed by atoms with E-state index in [1.165, 1.54) is 0 Å². The SMILES string of the molecule is CCC(CC(N)=NO)n1cnc(C)c1C. The molecular weight excluding hydrogens is 192 g/mol. The number of nitrogens with two attached hydrogens (primary N) is 1. The minimum atomic E-state index is 0.210. The molecule has 1 aromatic heterocycles. The van der Waals surface area contributed by atoms with Gasteiger partial charge in [0, 0.05) is 18.2 Å². The lowest BCUT2D eigenvalue weighted by atomic mass is 10.1. The van der Waals surface area contributed by atoms with Gasteiger partial charge in [-0.25, -0.2) is 4.98 Å². The minimum Gasteiger partial charge on any atom is -0.409 e. The highest BCUT2D eigenvalue weighted by Gasteiger charge is 2.14. The molecule has 5 nitrogen and oxygen atoms in total. The van der Waals surface area contributed by atoms with Crippen LogP contribution in [0.25, 0.3) is 0 Å². The molecule has 5 heteroatoms. The second-order valence-corrected chi connectivity index (χ2v) is 3.68. The second kappa shape index (κ2) is 4.82. The molecule has 1 aromatic rings. The Kier molecular flexibility index (Phi) is 3.71. The van der Waals surface area contributed by atoms with Crippen LogP contribution in [0.5, 0.6) is 0 Å². The average molecular weight is 210 g/mol. The fourth-order valence-corrected chi connectivity index (χ4v) is 1.61. The first-order valence-electron chi connectivity index (χ1n) is 5.06. The minimum absolute atomic E-state index is 0.210. The van der Waals surface area contributed by atoms with Crippen LogP contribution in [0.4, 0.5) is 0 Å². The Labute approximate surface area is 89.6 Å². The van der Waals surface area contributed by atoms with Gasteiger partial charge in [0.25, 0.3) is 0 Å². The summed E-state index contributed by atoms with van der Waals surface area (Å²) in [5.74, 6) is 0.257. The van der Waals surface area contributed by atoms with E-state index in [-0.39, 0.29) is 11.9 Å². The number of amidine groups is 1. The maximum atomic E-state index is 8.54. The van der Waals surface area contributed by atoms with Gasteiger partial charge in [0.2, 0.25) is 0 Å². The van der Waals surface area contributed by atoms with Crippen molar-refractivity contribution >= 4 is 5.84 Å². The molecular formula is C10H18N4O. The van der Waals surface area contributed by atoms with Crippen molar-refractivity contribution in [3.05, 3.63) is 17.7 Å². The molecule has 3 N–H and O–H groups in total. The first-order valence-corrected chi connectivity index (χ1v) is 5.06. The highest BCUT2D eigenvalue weighted by Crippen LogP contribution is 2.19. The Bertz CT molecular complexity index is 356. The Morgan fingerprint density at radius 2 is 2.33 bits per heavy atom. The molecule has 84 valence electrons. The smallest absolute Gasteiger partial charge is 0.141 e. The number of oxime groups is 1. The molecule has 15 heavy (non-hydrogen) atoms. The van der Waals surface area contributed by atoms with E-state index in [4.69, 9.17) is 10.9 Å². The number of nitrogens with zero attached hydrogens (tertiary/aromatic N) is 3. The van der Waals surface area contributed by atoms with Crippen molar-refractivity contribution in [3.63, 3.8) is 0 Å². The standard InChI is InChI=1S/C10H18N4O/c1-4-9(5-10(11)13-15)14-6-12-7(2)8(14)3/h6,9,15H,4-5H2,1-3H3,(H2,11,13). The van der Waals surface area contributed by atoms with Crippen LogP contribution in [0.1, 0.15) is 37.2 Å². The molecule has 0 radical (unpaired) electrons. The van der Waals surface area contributed by atoms with Gasteiger partial charge in [-0.2, -0.15) is 0 Å². The molecule has 0 aliphatic rings. The summed E-state index contributed by atoms with van der Waals surface area (Å²) in [5.41, 5.74) is 7.66. The van der Waals surface area contributed by atoms with E-state index in [1.807, 2.05) is 20.2 Å². The highest BCUT2D eigenvalue weighted by atomic mass is 16.4. The van der Waals surface area contributed by atoms with E-state index in [0.29, 0.717) is 6.42 Å². The monoisotopic (exact) mass is 210 g/mol. The summed E-state index contributed by atoms with van der Waals surface area (Å²) in [4.78, 5) is 4.24. The molecule has 0 aliphatic heterocycles. The molecule has 0 aromatic carbocycles. The maximum Gasteiger partial charge on any atom is 0.141 e. The molecule has 1 heterocycles. The maximum absolute atomic E-state index is 8.54. The Hall–Kier alpha value is -1.52. The van der Waals surface area contributed by atoms with E-state index in [0.717, 1.165) is 17.8 Å². The Morgan fingerprint density at radius 3 is 2.73 bits per heavy atom. The van der Waals surface area contributed by atoms with Gasteiger partial charge < -0.3 is 15.5 Å². The van der Waals surface area contributed by atoms with Crippen molar-refractivity contribution in [1.82, 2.24) is 9.55 Å². The fourth-order valence-electron chi connectivity index (χ4n) is 1.61. The lowest BCUT2D eigenvalue weighted by molar-refractivity contribution is 0.314. The van der Waals surface area contributed by atoms with Crippen molar-refractivity contribution in [2.45, 2.75) is 39.7 Å². The van der Waals surface area contributed by atoms with Crippen molar-refractivity contribution in [3.8, 4) is 0 Å². The molecule has 0 bridgehead atoms. The van der Waals surface area contributed by atoms with Crippen LogP contribution in [0.2, 0.25) is 0 Å². The zero-order chi connectivity index (χ0) is 11.4. The summed E-state index contributed by atoms with van der Waals surface area (Å²) < 4.78 is 2.08. The molecule has 1 unspecified atom stereocenters. The van der Waals surface area contributed by atoms with Crippen LogP contribution < -0.4 is 5.73 Å². The van der Waals surface area contributed by atoms with Gasteiger partial charge in [0.1, 0.15) is 5.84 Å². The average Bonchev–Trinajstić information content (AvgIpc) is 2.56. The van der Waals surface area contributed by atoms with Crippen LogP contribution in [-0.2, 0) is 0 Å². The zero-order valence-corrected chi connectivity index (χ0v) is 9.44. The zero-order valence-electron chi connectivity index (χ0n) is 9.44. The van der Waals surface area contributed by atoms with Crippen molar-refractivity contribution < 1.29 is 5.21 Å². The first kappa shape index (κ1) is 11.6. The summed E-state index contributed by atoms with van der Waals surface area (Å²) in [5, 5.41) is 11.5. The largest absolute Gasteiger partial charge is 0.409 e.